The van der Waals surface area contributed by atoms with Gasteiger partial charge in [-0.1, -0.05) is 11.6 Å². The van der Waals surface area contributed by atoms with Gasteiger partial charge in [-0.2, -0.15) is 13.2 Å². The Bertz CT molecular complexity index is 1130. The smallest absolute Gasteiger partial charge is 0.333 e. The first-order valence-corrected chi connectivity index (χ1v) is 8.64. The summed E-state index contributed by atoms with van der Waals surface area (Å²) in [7, 11) is 0. The zero-order valence-electron chi connectivity index (χ0n) is 15.1. The van der Waals surface area contributed by atoms with Gasteiger partial charge in [-0.05, 0) is 30.3 Å². The number of alkyl halides is 3. The van der Waals surface area contributed by atoms with Crippen LogP contribution in [0.2, 0.25) is 5.02 Å². The highest BCUT2D eigenvalue weighted by Crippen LogP contribution is 2.37. The first kappa shape index (κ1) is 21.7. The molecule has 3 aromatic rings. The number of nitro groups is 1. The molecule has 1 aromatic carbocycles. The zero-order chi connectivity index (χ0) is 22.6. The van der Waals surface area contributed by atoms with Crippen molar-refractivity contribution in [2.45, 2.75) is 6.18 Å². The van der Waals surface area contributed by atoms with E-state index in [-0.39, 0.29) is 16.3 Å². The number of anilines is 3. The number of hydrogen-bond donors (Lipinski definition) is 3. The van der Waals surface area contributed by atoms with E-state index < -0.39 is 39.9 Å². The number of carbonyl (C=O) groups excluding carboxylic acids is 1. The highest BCUT2D eigenvalue weighted by molar-refractivity contribution is 6.33. The van der Waals surface area contributed by atoms with Crippen LogP contribution in [0.25, 0.3) is 0 Å². The van der Waals surface area contributed by atoms with Gasteiger partial charge >= 0.3 is 11.9 Å². The van der Waals surface area contributed by atoms with E-state index in [1.165, 1.54) is 24.5 Å². The molecule has 3 rings (SSSR count). The lowest BCUT2D eigenvalue weighted by atomic mass is 10.2. The van der Waals surface area contributed by atoms with Crippen LogP contribution in [0.15, 0.2) is 49.1 Å². The minimum absolute atomic E-state index is 0.124. The fourth-order valence-electron chi connectivity index (χ4n) is 2.35. The van der Waals surface area contributed by atoms with Crippen molar-refractivity contribution in [2.24, 2.45) is 0 Å². The summed E-state index contributed by atoms with van der Waals surface area (Å²) >= 11 is 5.92. The van der Waals surface area contributed by atoms with Gasteiger partial charge in [-0.15, -0.1) is 0 Å². The van der Waals surface area contributed by atoms with E-state index in [0.717, 1.165) is 18.5 Å². The number of amides is 1. The minimum Gasteiger partial charge on any atom is -0.333 e. The first-order chi connectivity index (χ1) is 14.7. The molecule has 0 fully saturated rings. The monoisotopic (exact) mass is 453 g/mol. The van der Waals surface area contributed by atoms with Crippen LogP contribution in [-0.4, -0.2) is 25.8 Å². The van der Waals surface area contributed by atoms with E-state index in [1.807, 2.05) is 0 Å². The second-order valence-electron chi connectivity index (χ2n) is 5.81. The highest BCUT2D eigenvalue weighted by Gasteiger charge is 2.31. The molecule has 10 nitrogen and oxygen atoms in total. The van der Waals surface area contributed by atoms with Gasteiger partial charge in [0.15, 0.2) is 0 Å². The Morgan fingerprint density at radius 2 is 1.77 bits per heavy atom. The van der Waals surface area contributed by atoms with Gasteiger partial charge < -0.3 is 5.32 Å². The second kappa shape index (κ2) is 8.79. The normalized spacial score (nSPS) is 11.0. The lowest BCUT2D eigenvalue weighted by molar-refractivity contribution is -0.383. The molecule has 0 unspecified atom stereocenters. The fourth-order valence-corrected chi connectivity index (χ4v) is 2.52. The van der Waals surface area contributed by atoms with Crippen molar-refractivity contribution in [3.05, 3.63) is 75.3 Å². The molecular formula is C17H11ClF3N7O3. The number of nitrogens with one attached hydrogen (secondary N) is 3. The molecule has 0 aliphatic rings. The van der Waals surface area contributed by atoms with Gasteiger partial charge in [0, 0.05) is 18.0 Å². The van der Waals surface area contributed by atoms with Crippen LogP contribution in [0.5, 0.6) is 0 Å². The summed E-state index contributed by atoms with van der Waals surface area (Å²) < 4.78 is 38.9. The van der Waals surface area contributed by atoms with Crippen LogP contribution in [0.1, 0.15) is 15.9 Å². The summed E-state index contributed by atoms with van der Waals surface area (Å²) in [6.45, 7) is 0. The summed E-state index contributed by atoms with van der Waals surface area (Å²) in [5, 5.41) is 13.9. The quantitative estimate of drug-likeness (QED) is 0.377. The number of hydrazine groups is 1. The molecule has 160 valence electrons. The van der Waals surface area contributed by atoms with Crippen molar-refractivity contribution < 1.29 is 22.9 Å². The van der Waals surface area contributed by atoms with Crippen LogP contribution < -0.4 is 16.2 Å². The Morgan fingerprint density at radius 3 is 2.42 bits per heavy atom. The van der Waals surface area contributed by atoms with Crippen molar-refractivity contribution in [2.75, 3.05) is 10.7 Å². The van der Waals surface area contributed by atoms with Gasteiger partial charge in [0.05, 0.1) is 21.2 Å². The number of rotatable bonds is 6. The molecule has 0 aliphatic carbocycles. The number of benzene rings is 1. The maximum absolute atomic E-state index is 13.0. The predicted octanol–water partition coefficient (Wildman–Crippen LogP) is 3.95. The Kier molecular flexibility index (Phi) is 6.15. The van der Waals surface area contributed by atoms with Crippen LogP contribution in [0, 0.1) is 10.1 Å². The third-order valence-corrected chi connectivity index (χ3v) is 4.12. The molecule has 0 aliphatic heterocycles. The molecule has 0 bridgehead atoms. The standard InChI is InChI=1S/C17H11ClF3N7O3/c18-11-2-1-10(17(19,20)21)7-12(11)25-14-13(28(30)31)15(24-8-23-14)26-27-16(29)9-3-5-22-6-4-9/h1-8H,(H,27,29)(H2,23,24,25,26). The molecule has 31 heavy (non-hydrogen) atoms. The van der Waals surface area contributed by atoms with E-state index in [9.17, 15) is 28.1 Å². The third-order valence-electron chi connectivity index (χ3n) is 3.79. The molecule has 1 amide bonds. The Hall–Kier alpha value is -4.00. The number of aromatic nitrogens is 3. The van der Waals surface area contributed by atoms with Crippen LogP contribution in [0.4, 0.5) is 36.2 Å². The summed E-state index contributed by atoms with van der Waals surface area (Å²) in [4.78, 5) is 34.0. The van der Waals surface area contributed by atoms with E-state index >= 15 is 0 Å². The third kappa shape index (κ3) is 5.14. The van der Waals surface area contributed by atoms with Crippen molar-refractivity contribution in [1.82, 2.24) is 20.4 Å². The molecule has 0 saturated carbocycles. The Labute approximate surface area is 176 Å². The summed E-state index contributed by atoms with van der Waals surface area (Å²) in [5.41, 5.74) is 2.74. The molecule has 2 heterocycles. The molecule has 0 saturated heterocycles. The predicted molar refractivity (Wildman–Crippen MR) is 104 cm³/mol. The lowest BCUT2D eigenvalue weighted by Crippen LogP contribution is -2.30. The summed E-state index contributed by atoms with van der Waals surface area (Å²) in [5.74, 6) is -1.49. The number of halogens is 4. The number of hydrogen-bond acceptors (Lipinski definition) is 8. The van der Waals surface area contributed by atoms with Crippen molar-refractivity contribution in [1.29, 1.82) is 0 Å². The first-order valence-electron chi connectivity index (χ1n) is 8.26. The summed E-state index contributed by atoms with van der Waals surface area (Å²) in [6, 6.07) is 5.27. The highest BCUT2D eigenvalue weighted by atomic mass is 35.5. The minimum atomic E-state index is -4.65. The fraction of sp³-hybridized carbons (Fsp3) is 0.0588. The van der Waals surface area contributed by atoms with Gasteiger partial charge in [0.25, 0.3) is 5.91 Å². The lowest BCUT2D eigenvalue weighted by Gasteiger charge is -2.13. The average molecular weight is 454 g/mol. The number of pyridine rings is 1. The van der Waals surface area contributed by atoms with E-state index in [2.05, 4.69) is 31.1 Å². The van der Waals surface area contributed by atoms with Crippen molar-refractivity contribution in [3.63, 3.8) is 0 Å². The van der Waals surface area contributed by atoms with E-state index in [1.54, 1.807) is 0 Å². The van der Waals surface area contributed by atoms with Crippen LogP contribution in [0.3, 0.4) is 0 Å². The molecular weight excluding hydrogens is 443 g/mol. The number of carbonyl (C=O) groups is 1. The maximum Gasteiger partial charge on any atom is 0.416 e. The zero-order valence-corrected chi connectivity index (χ0v) is 15.9. The van der Waals surface area contributed by atoms with E-state index in [4.69, 9.17) is 11.6 Å². The van der Waals surface area contributed by atoms with E-state index in [0.29, 0.717) is 6.07 Å². The Balaban J connectivity index is 1.89. The molecule has 0 spiro atoms. The molecule has 3 N–H and O–H groups in total. The van der Waals surface area contributed by atoms with Crippen molar-refractivity contribution >= 4 is 40.5 Å². The van der Waals surface area contributed by atoms with Crippen LogP contribution >= 0.6 is 11.6 Å². The molecule has 0 atom stereocenters. The van der Waals surface area contributed by atoms with Gasteiger partial charge in [-0.3, -0.25) is 30.7 Å². The Morgan fingerprint density at radius 1 is 1.10 bits per heavy atom. The second-order valence-corrected chi connectivity index (χ2v) is 6.22. The van der Waals surface area contributed by atoms with Gasteiger partial charge in [-0.25, -0.2) is 9.97 Å². The maximum atomic E-state index is 13.0. The van der Waals surface area contributed by atoms with Gasteiger partial charge in [0.2, 0.25) is 11.6 Å². The van der Waals surface area contributed by atoms with Gasteiger partial charge in [0.1, 0.15) is 6.33 Å². The largest absolute Gasteiger partial charge is 0.416 e. The molecule has 0 radical (unpaired) electrons. The SMILES string of the molecule is O=C(NNc1ncnc(Nc2cc(C(F)(F)F)ccc2Cl)c1[N+](=O)[O-])c1ccncc1. The van der Waals surface area contributed by atoms with Crippen LogP contribution in [-0.2, 0) is 6.18 Å². The molecule has 14 heteroatoms. The summed E-state index contributed by atoms with van der Waals surface area (Å²) in [6.07, 6.45) is -0.980. The topological polar surface area (TPSA) is 135 Å². The number of nitrogens with zero attached hydrogens (tertiary/aromatic N) is 4. The molecule has 2 aromatic heterocycles. The average Bonchev–Trinajstić information content (AvgIpc) is 2.73. The van der Waals surface area contributed by atoms with Crippen molar-refractivity contribution in [3.8, 4) is 0 Å².